The summed E-state index contributed by atoms with van der Waals surface area (Å²) < 4.78 is 0. The summed E-state index contributed by atoms with van der Waals surface area (Å²) in [5, 5.41) is 24.3. The topological polar surface area (TPSA) is 91.8 Å². The minimum atomic E-state index is -1.11. The predicted octanol–water partition coefficient (Wildman–Crippen LogP) is 1.84. The standard InChI is InChI=1S/C15H20N4O2/c1-10(7-13-16-18-19-17-13)5-6-15(21)9-14(3,4)12(20)8-11(15)2/h5-8,21H,9H2,1-4H3,(H,16,17,18,19)/b6-5+,10-7-/t15-/m0/s1. The molecule has 6 nitrogen and oxygen atoms in total. The Bertz CT molecular complexity index is 626. The highest BCUT2D eigenvalue weighted by molar-refractivity contribution is 5.96. The lowest BCUT2D eigenvalue weighted by Crippen LogP contribution is -2.42. The summed E-state index contributed by atoms with van der Waals surface area (Å²) in [4.78, 5) is 11.9. The maximum atomic E-state index is 11.9. The van der Waals surface area contributed by atoms with E-state index in [1.54, 1.807) is 25.2 Å². The average molecular weight is 288 g/mol. The molecule has 112 valence electrons. The van der Waals surface area contributed by atoms with Crippen molar-refractivity contribution in [3.63, 3.8) is 0 Å². The van der Waals surface area contributed by atoms with Crippen LogP contribution in [0.1, 0.15) is 39.9 Å². The van der Waals surface area contributed by atoms with Gasteiger partial charge in [-0.1, -0.05) is 19.9 Å². The highest BCUT2D eigenvalue weighted by Crippen LogP contribution is 2.39. The Balaban J connectivity index is 2.23. The van der Waals surface area contributed by atoms with Crippen LogP contribution in [0.4, 0.5) is 0 Å². The fourth-order valence-corrected chi connectivity index (χ4v) is 2.36. The van der Waals surface area contributed by atoms with Crippen molar-refractivity contribution in [2.24, 2.45) is 5.41 Å². The number of rotatable bonds is 3. The van der Waals surface area contributed by atoms with Crippen LogP contribution in [0.2, 0.25) is 0 Å². The summed E-state index contributed by atoms with van der Waals surface area (Å²) in [6, 6.07) is 0. The normalized spacial score (nSPS) is 26.2. The number of nitrogens with one attached hydrogen (secondary N) is 1. The fraction of sp³-hybridized carbons (Fsp3) is 0.467. The SMILES string of the molecule is CC1=CC(=O)C(C)(C)C[C@@]1(O)/C=C/C(C)=C\c1nn[nH]n1. The minimum Gasteiger partial charge on any atom is -0.381 e. The van der Waals surface area contributed by atoms with Crippen molar-refractivity contribution in [1.82, 2.24) is 20.6 Å². The van der Waals surface area contributed by atoms with Crippen molar-refractivity contribution in [2.45, 2.75) is 39.7 Å². The zero-order valence-electron chi connectivity index (χ0n) is 12.7. The molecule has 2 rings (SSSR count). The van der Waals surface area contributed by atoms with Crippen LogP contribution < -0.4 is 0 Å². The van der Waals surface area contributed by atoms with Crippen LogP contribution in [0, 0.1) is 5.41 Å². The predicted molar refractivity (Wildman–Crippen MR) is 79.1 cm³/mol. The second kappa shape index (κ2) is 5.37. The molecule has 1 aliphatic carbocycles. The first-order chi connectivity index (χ1) is 9.73. The van der Waals surface area contributed by atoms with Gasteiger partial charge < -0.3 is 5.11 Å². The van der Waals surface area contributed by atoms with Gasteiger partial charge in [-0.2, -0.15) is 5.21 Å². The third kappa shape index (κ3) is 3.33. The Kier molecular flexibility index (Phi) is 3.91. The van der Waals surface area contributed by atoms with E-state index in [9.17, 15) is 9.90 Å². The van der Waals surface area contributed by atoms with E-state index < -0.39 is 11.0 Å². The van der Waals surface area contributed by atoms with Gasteiger partial charge in [0.1, 0.15) is 5.60 Å². The molecule has 6 heteroatoms. The zero-order valence-corrected chi connectivity index (χ0v) is 12.7. The van der Waals surface area contributed by atoms with Crippen LogP contribution in [0.3, 0.4) is 0 Å². The molecule has 0 amide bonds. The van der Waals surface area contributed by atoms with Crippen molar-refractivity contribution in [3.8, 4) is 0 Å². The number of hydrogen-bond donors (Lipinski definition) is 2. The van der Waals surface area contributed by atoms with Gasteiger partial charge >= 0.3 is 0 Å². The molecule has 0 aliphatic heterocycles. The number of ketones is 1. The zero-order chi connectivity index (χ0) is 15.7. The summed E-state index contributed by atoms with van der Waals surface area (Å²) in [5.41, 5.74) is -0.129. The Morgan fingerprint density at radius 2 is 2.19 bits per heavy atom. The molecule has 1 aromatic heterocycles. The number of carbonyl (C=O) groups is 1. The van der Waals surface area contributed by atoms with Crippen LogP contribution in [-0.2, 0) is 4.79 Å². The number of hydrogen-bond acceptors (Lipinski definition) is 5. The van der Waals surface area contributed by atoms with Crippen LogP contribution in [0.25, 0.3) is 6.08 Å². The number of aromatic amines is 1. The van der Waals surface area contributed by atoms with Crippen LogP contribution in [-0.4, -0.2) is 37.1 Å². The van der Waals surface area contributed by atoms with Crippen molar-refractivity contribution < 1.29 is 9.90 Å². The van der Waals surface area contributed by atoms with E-state index in [1.165, 1.54) is 6.08 Å². The van der Waals surface area contributed by atoms with Gasteiger partial charge in [-0.15, -0.1) is 10.2 Å². The lowest BCUT2D eigenvalue weighted by atomic mass is 9.69. The van der Waals surface area contributed by atoms with Gasteiger partial charge in [0.25, 0.3) is 0 Å². The first kappa shape index (κ1) is 15.3. The molecule has 0 radical (unpaired) electrons. The van der Waals surface area contributed by atoms with Gasteiger partial charge in [0.05, 0.1) is 0 Å². The van der Waals surface area contributed by atoms with Crippen LogP contribution >= 0.6 is 0 Å². The summed E-state index contributed by atoms with van der Waals surface area (Å²) in [7, 11) is 0. The van der Waals surface area contributed by atoms with E-state index in [0.717, 1.165) is 5.57 Å². The third-order valence-corrected chi connectivity index (χ3v) is 3.75. The summed E-state index contributed by atoms with van der Waals surface area (Å²) in [6.07, 6.45) is 7.18. The maximum absolute atomic E-state index is 11.9. The molecule has 1 aliphatic rings. The van der Waals surface area contributed by atoms with Gasteiger partial charge in [0.2, 0.25) is 0 Å². The number of allylic oxidation sites excluding steroid dienone is 3. The largest absolute Gasteiger partial charge is 0.381 e. The highest BCUT2D eigenvalue weighted by atomic mass is 16.3. The van der Waals surface area contributed by atoms with Gasteiger partial charge in [0.15, 0.2) is 11.6 Å². The first-order valence-electron chi connectivity index (χ1n) is 6.79. The molecule has 0 unspecified atom stereocenters. The molecule has 1 aromatic rings. The second-order valence-electron chi connectivity index (χ2n) is 6.17. The lowest BCUT2D eigenvalue weighted by molar-refractivity contribution is -0.125. The first-order valence-corrected chi connectivity index (χ1v) is 6.79. The van der Waals surface area contributed by atoms with Crippen LogP contribution in [0.15, 0.2) is 29.4 Å². The molecule has 0 fully saturated rings. The maximum Gasteiger partial charge on any atom is 0.197 e. The summed E-state index contributed by atoms with van der Waals surface area (Å²) in [5.74, 6) is 0.535. The number of nitrogens with zero attached hydrogens (tertiary/aromatic N) is 3. The Labute approximate surface area is 123 Å². The number of aromatic nitrogens is 4. The molecule has 0 spiro atoms. The monoisotopic (exact) mass is 288 g/mol. The summed E-state index contributed by atoms with van der Waals surface area (Å²) >= 11 is 0. The van der Waals surface area contributed by atoms with Gasteiger partial charge in [-0.3, -0.25) is 4.79 Å². The van der Waals surface area contributed by atoms with Crippen molar-refractivity contribution in [1.29, 1.82) is 0 Å². The second-order valence-corrected chi connectivity index (χ2v) is 6.17. The molecule has 1 atom stereocenters. The number of tetrazole rings is 1. The molecule has 0 aromatic carbocycles. The number of H-pyrrole nitrogens is 1. The summed E-state index contributed by atoms with van der Waals surface area (Å²) in [6.45, 7) is 7.35. The van der Waals surface area contributed by atoms with E-state index in [-0.39, 0.29) is 5.78 Å². The quantitative estimate of drug-likeness (QED) is 0.828. The molecule has 2 N–H and O–H groups in total. The molecule has 0 saturated heterocycles. The van der Waals surface area contributed by atoms with Gasteiger partial charge in [-0.05, 0) is 54.9 Å². The Morgan fingerprint density at radius 3 is 2.81 bits per heavy atom. The third-order valence-electron chi connectivity index (χ3n) is 3.75. The molecule has 1 heterocycles. The molecular formula is C15H20N4O2. The lowest BCUT2D eigenvalue weighted by Gasteiger charge is -2.38. The highest BCUT2D eigenvalue weighted by Gasteiger charge is 2.41. The van der Waals surface area contributed by atoms with Crippen molar-refractivity contribution in [3.05, 3.63) is 35.2 Å². The van der Waals surface area contributed by atoms with Crippen molar-refractivity contribution in [2.75, 3.05) is 0 Å². The number of carbonyl (C=O) groups excluding carboxylic acids is 1. The molecule has 0 saturated carbocycles. The van der Waals surface area contributed by atoms with Crippen LogP contribution in [0.5, 0.6) is 0 Å². The minimum absolute atomic E-state index is 0.0529. The number of aliphatic hydroxyl groups is 1. The van der Waals surface area contributed by atoms with E-state index in [1.807, 2.05) is 20.8 Å². The van der Waals surface area contributed by atoms with E-state index in [4.69, 9.17) is 0 Å². The van der Waals surface area contributed by atoms with E-state index in [2.05, 4.69) is 20.6 Å². The van der Waals surface area contributed by atoms with Gasteiger partial charge in [-0.25, -0.2) is 0 Å². The average Bonchev–Trinajstić information content (AvgIpc) is 2.87. The van der Waals surface area contributed by atoms with E-state index in [0.29, 0.717) is 17.8 Å². The fourth-order valence-electron chi connectivity index (χ4n) is 2.36. The van der Waals surface area contributed by atoms with Gasteiger partial charge in [0, 0.05) is 5.41 Å². The Morgan fingerprint density at radius 1 is 1.48 bits per heavy atom. The molecule has 0 bridgehead atoms. The molecular weight excluding hydrogens is 268 g/mol. The van der Waals surface area contributed by atoms with Crippen molar-refractivity contribution >= 4 is 11.9 Å². The smallest absolute Gasteiger partial charge is 0.197 e. The molecule has 21 heavy (non-hydrogen) atoms. The van der Waals surface area contributed by atoms with E-state index >= 15 is 0 Å². The Hall–Kier alpha value is -2.08.